The minimum Gasteiger partial charge on any atom is -0.307 e. The maximum atomic E-state index is 5.54. The molecular weight excluding hydrogens is 803 g/mol. The molecule has 0 atom stereocenters. The number of benzene rings is 10. The predicted molar refractivity (Wildman–Crippen MR) is 273 cm³/mol. The summed E-state index contributed by atoms with van der Waals surface area (Å²) in [5.74, 6) is 1.76. The Kier molecular flexibility index (Phi) is 8.78. The third-order valence-electron chi connectivity index (χ3n) is 13.0. The van der Waals surface area contributed by atoms with Gasteiger partial charge in [0.05, 0.1) is 27.8 Å². The molecule has 0 saturated heterocycles. The first-order chi connectivity index (χ1) is 32.8. The normalized spacial score (nSPS) is 11.6. The monoisotopic (exact) mass is 841 g/mol. The molecule has 0 fully saturated rings. The van der Waals surface area contributed by atoms with Crippen molar-refractivity contribution >= 4 is 54.4 Å². The number of hydrogen-bond donors (Lipinski definition) is 0. The van der Waals surface area contributed by atoms with Crippen LogP contribution in [0.1, 0.15) is 0 Å². The van der Waals surface area contributed by atoms with Crippen LogP contribution in [-0.2, 0) is 0 Å². The number of rotatable bonds is 7. The first kappa shape index (κ1) is 37.6. The minimum atomic E-state index is 0.548. The van der Waals surface area contributed by atoms with Gasteiger partial charge in [-0.05, 0) is 62.9 Å². The minimum absolute atomic E-state index is 0.548. The summed E-state index contributed by atoms with van der Waals surface area (Å²) in [6.45, 7) is 0. The van der Waals surface area contributed by atoms with Gasteiger partial charge in [-0.1, -0.05) is 212 Å². The zero-order valence-electron chi connectivity index (χ0n) is 35.8. The highest BCUT2D eigenvalue weighted by molar-refractivity contribution is 6.24. The molecule has 308 valence electrons. The highest BCUT2D eigenvalue weighted by Gasteiger charge is 2.25. The first-order valence-corrected chi connectivity index (χ1v) is 22.4. The van der Waals surface area contributed by atoms with Gasteiger partial charge in [-0.2, -0.15) is 9.97 Å². The van der Waals surface area contributed by atoms with Gasteiger partial charge in [0, 0.05) is 38.2 Å². The lowest BCUT2D eigenvalue weighted by molar-refractivity contribution is 0.954. The van der Waals surface area contributed by atoms with E-state index in [9.17, 15) is 0 Å². The average Bonchev–Trinajstić information content (AvgIpc) is 3.92. The summed E-state index contributed by atoms with van der Waals surface area (Å²) in [4.78, 5) is 16.3. The number of hydrogen-bond acceptors (Lipinski definition) is 3. The van der Waals surface area contributed by atoms with E-state index >= 15 is 0 Å². The SMILES string of the molecule is c1ccc(-c2ccc(-c3ccccc3)c(-n3c4ccccc4c4ccc5c6ccccc6n(-c6nc(-c7ccccc7)nc(-c7ccc(-c8ccccc8)c8ccccc78)n6)c5c43)c2)cc1. The van der Waals surface area contributed by atoms with Crippen LogP contribution in [0.25, 0.3) is 122 Å². The second-order valence-electron chi connectivity index (χ2n) is 16.7. The van der Waals surface area contributed by atoms with Gasteiger partial charge < -0.3 is 4.57 Å². The molecule has 0 aliphatic rings. The molecule has 3 heterocycles. The van der Waals surface area contributed by atoms with E-state index in [4.69, 9.17) is 15.0 Å². The summed E-state index contributed by atoms with van der Waals surface area (Å²) in [5.41, 5.74) is 14.1. The third-order valence-corrected chi connectivity index (χ3v) is 13.0. The van der Waals surface area contributed by atoms with Crippen LogP contribution < -0.4 is 0 Å². The summed E-state index contributed by atoms with van der Waals surface area (Å²) < 4.78 is 4.76. The molecule has 3 aromatic heterocycles. The molecule has 13 rings (SSSR count). The Morgan fingerprint density at radius 1 is 0.258 bits per heavy atom. The van der Waals surface area contributed by atoms with Gasteiger partial charge in [0.1, 0.15) is 0 Å². The lowest BCUT2D eigenvalue weighted by atomic mass is 9.95. The fourth-order valence-electron chi connectivity index (χ4n) is 10.0. The van der Waals surface area contributed by atoms with E-state index < -0.39 is 0 Å². The van der Waals surface area contributed by atoms with Crippen LogP contribution in [0.3, 0.4) is 0 Å². The van der Waals surface area contributed by atoms with E-state index in [0.717, 1.165) is 99.2 Å². The summed E-state index contributed by atoms with van der Waals surface area (Å²) in [6, 6.07) is 84.0. The van der Waals surface area contributed by atoms with Crippen molar-refractivity contribution in [3.63, 3.8) is 0 Å². The Hall–Kier alpha value is -8.93. The van der Waals surface area contributed by atoms with Gasteiger partial charge in [0.25, 0.3) is 0 Å². The Bertz CT molecular complexity index is 3970. The quantitative estimate of drug-likeness (QED) is 0.161. The highest BCUT2D eigenvalue weighted by Crippen LogP contribution is 2.44. The fraction of sp³-hybridized carbons (Fsp3) is 0. The van der Waals surface area contributed by atoms with Crippen LogP contribution in [0.4, 0.5) is 0 Å². The molecule has 5 heteroatoms. The fourth-order valence-corrected chi connectivity index (χ4v) is 10.0. The van der Waals surface area contributed by atoms with Crippen molar-refractivity contribution in [2.45, 2.75) is 0 Å². The van der Waals surface area contributed by atoms with Gasteiger partial charge in [-0.15, -0.1) is 0 Å². The number of para-hydroxylation sites is 2. The van der Waals surface area contributed by atoms with Crippen molar-refractivity contribution in [1.29, 1.82) is 0 Å². The van der Waals surface area contributed by atoms with Crippen LogP contribution in [0.15, 0.2) is 237 Å². The highest BCUT2D eigenvalue weighted by atomic mass is 15.2. The molecule has 13 aromatic rings. The van der Waals surface area contributed by atoms with Gasteiger partial charge in [0.2, 0.25) is 5.95 Å². The predicted octanol–water partition coefficient (Wildman–Crippen LogP) is 15.6. The summed E-state index contributed by atoms with van der Waals surface area (Å²) in [7, 11) is 0. The molecule has 0 amide bonds. The second-order valence-corrected chi connectivity index (χ2v) is 16.7. The van der Waals surface area contributed by atoms with Crippen molar-refractivity contribution in [1.82, 2.24) is 24.1 Å². The van der Waals surface area contributed by atoms with Gasteiger partial charge in [-0.3, -0.25) is 4.57 Å². The largest absolute Gasteiger partial charge is 0.307 e. The lowest BCUT2D eigenvalue weighted by Crippen LogP contribution is -2.07. The Labute approximate surface area is 381 Å². The smallest absolute Gasteiger partial charge is 0.238 e. The Morgan fingerprint density at radius 3 is 1.32 bits per heavy atom. The number of nitrogens with zero attached hydrogens (tertiary/aromatic N) is 5. The maximum absolute atomic E-state index is 5.54. The van der Waals surface area contributed by atoms with E-state index in [0.29, 0.717) is 17.6 Å². The molecule has 5 nitrogen and oxygen atoms in total. The Morgan fingerprint density at radius 2 is 0.697 bits per heavy atom. The lowest BCUT2D eigenvalue weighted by Gasteiger charge is -2.18. The van der Waals surface area contributed by atoms with Crippen LogP contribution in [0.5, 0.6) is 0 Å². The third kappa shape index (κ3) is 6.05. The second kappa shape index (κ2) is 15.4. The molecule has 0 radical (unpaired) electrons. The molecule has 66 heavy (non-hydrogen) atoms. The number of aromatic nitrogens is 5. The zero-order chi connectivity index (χ0) is 43.6. The van der Waals surface area contributed by atoms with Crippen molar-refractivity contribution in [3.8, 4) is 67.8 Å². The van der Waals surface area contributed by atoms with Crippen molar-refractivity contribution in [2.24, 2.45) is 0 Å². The molecular formula is C61H39N5. The van der Waals surface area contributed by atoms with E-state index in [2.05, 4.69) is 228 Å². The van der Waals surface area contributed by atoms with E-state index in [1.807, 2.05) is 18.2 Å². The average molecular weight is 842 g/mol. The van der Waals surface area contributed by atoms with Crippen molar-refractivity contribution < 1.29 is 0 Å². The first-order valence-electron chi connectivity index (χ1n) is 22.4. The van der Waals surface area contributed by atoms with Gasteiger partial charge >= 0.3 is 0 Å². The molecule has 0 N–H and O–H groups in total. The maximum Gasteiger partial charge on any atom is 0.238 e. The van der Waals surface area contributed by atoms with E-state index in [-0.39, 0.29) is 0 Å². The topological polar surface area (TPSA) is 48.5 Å². The van der Waals surface area contributed by atoms with E-state index in [1.54, 1.807) is 0 Å². The summed E-state index contributed by atoms with van der Waals surface area (Å²) >= 11 is 0. The van der Waals surface area contributed by atoms with Crippen molar-refractivity contribution in [2.75, 3.05) is 0 Å². The zero-order valence-corrected chi connectivity index (χ0v) is 35.8. The molecule has 10 aromatic carbocycles. The molecule has 0 bridgehead atoms. The van der Waals surface area contributed by atoms with Gasteiger partial charge in [0.15, 0.2) is 11.6 Å². The molecule has 0 spiro atoms. The van der Waals surface area contributed by atoms with E-state index in [1.165, 1.54) is 5.39 Å². The molecule has 0 aliphatic heterocycles. The number of fused-ring (bicyclic) bond motifs is 8. The van der Waals surface area contributed by atoms with Crippen LogP contribution in [0, 0.1) is 0 Å². The molecule has 0 aliphatic carbocycles. The van der Waals surface area contributed by atoms with Crippen LogP contribution >= 0.6 is 0 Å². The Balaban J connectivity index is 1.16. The standard InChI is InChI=1S/C61H39N5/c1-5-19-40(20-6-1)44-33-34-46(42-23-9-3-10-24-42)56(39-44)65-54-31-17-15-29-49(54)51-36-37-52-50-30-16-18-32-55(50)66(58(52)57(51)65)61-63-59(43-25-11-4-12-26-43)62-60(64-61)53-38-35-45(41-21-7-2-8-22-41)47-27-13-14-28-48(47)53/h1-39H. The van der Waals surface area contributed by atoms with Gasteiger partial charge in [-0.25, -0.2) is 4.98 Å². The molecule has 0 unspecified atom stereocenters. The van der Waals surface area contributed by atoms with Crippen LogP contribution in [0.2, 0.25) is 0 Å². The van der Waals surface area contributed by atoms with Crippen molar-refractivity contribution in [3.05, 3.63) is 237 Å². The van der Waals surface area contributed by atoms with Crippen LogP contribution in [-0.4, -0.2) is 24.1 Å². The summed E-state index contributed by atoms with van der Waals surface area (Å²) in [5, 5.41) is 6.76. The molecule has 0 saturated carbocycles. The summed E-state index contributed by atoms with van der Waals surface area (Å²) in [6.07, 6.45) is 0.